The van der Waals surface area contributed by atoms with Gasteiger partial charge in [0.25, 0.3) is 0 Å². The molecule has 0 radical (unpaired) electrons. The lowest BCUT2D eigenvalue weighted by Crippen LogP contribution is -2.47. The molecule has 1 aliphatic rings. The molecule has 2 heterocycles. The maximum Gasteiger partial charge on any atom is 0.336 e. The van der Waals surface area contributed by atoms with Crippen LogP contribution in [-0.4, -0.2) is 43.9 Å². The first-order valence-corrected chi connectivity index (χ1v) is 6.96. The van der Waals surface area contributed by atoms with E-state index in [1.807, 2.05) is 11.0 Å². The molecule has 98 valence electrons. The van der Waals surface area contributed by atoms with Gasteiger partial charge in [0.05, 0.1) is 24.7 Å². The molecule has 0 aliphatic carbocycles. The van der Waals surface area contributed by atoms with E-state index in [9.17, 15) is 4.79 Å². The van der Waals surface area contributed by atoms with Gasteiger partial charge in [0, 0.05) is 17.2 Å². The van der Waals surface area contributed by atoms with Crippen LogP contribution < -0.4 is 4.90 Å². The van der Waals surface area contributed by atoms with Crippen LogP contribution in [0.15, 0.2) is 21.2 Å². The van der Waals surface area contributed by atoms with Gasteiger partial charge in [0.2, 0.25) is 0 Å². The Balaban J connectivity index is 2.15. The summed E-state index contributed by atoms with van der Waals surface area (Å²) < 4.78 is 11.8. The van der Waals surface area contributed by atoms with Gasteiger partial charge in [-0.1, -0.05) is 0 Å². The van der Waals surface area contributed by atoms with Crippen molar-refractivity contribution in [3.63, 3.8) is 0 Å². The van der Waals surface area contributed by atoms with Crippen molar-refractivity contribution in [1.29, 1.82) is 0 Å². The highest BCUT2D eigenvalue weighted by atomic mass is 79.9. The number of morpholine rings is 1. The molecule has 5 nitrogen and oxygen atoms in total. The number of pyridine rings is 1. The second-order valence-corrected chi connectivity index (χ2v) is 5.56. The van der Waals surface area contributed by atoms with E-state index in [0.717, 1.165) is 14.8 Å². The minimum atomic E-state index is -0.555. The molecule has 0 amide bonds. The summed E-state index contributed by atoms with van der Waals surface area (Å²) in [5.41, 5.74) is 0. The molecule has 1 aromatic heterocycles. The van der Waals surface area contributed by atoms with E-state index < -0.39 is 6.10 Å². The fourth-order valence-electron chi connectivity index (χ4n) is 1.76. The zero-order valence-electron chi connectivity index (χ0n) is 9.73. The molecule has 1 aromatic rings. The van der Waals surface area contributed by atoms with Crippen molar-refractivity contribution in [1.82, 2.24) is 4.98 Å². The third-order valence-corrected chi connectivity index (χ3v) is 3.64. The highest BCUT2D eigenvalue weighted by Gasteiger charge is 2.28. The highest BCUT2D eigenvalue weighted by molar-refractivity contribution is 9.11. The average molecular weight is 380 g/mol. The Kier molecular flexibility index (Phi) is 4.58. The first-order chi connectivity index (χ1) is 8.61. The first-order valence-electron chi connectivity index (χ1n) is 5.37. The third kappa shape index (κ3) is 3.02. The van der Waals surface area contributed by atoms with Crippen molar-refractivity contribution in [3.05, 3.63) is 21.2 Å². The summed E-state index contributed by atoms with van der Waals surface area (Å²) in [5.74, 6) is 0.448. The van der Waals surface area contributed by atoms with Gasteiger partial charge in [0.15, 0.2) is 6.10 Å². The SMILES string of the molecule is COC(=O)C1CN(c2ncc(Br)cc2Br)CCO1. The maximum atomic E-state index is 11.5. The van der Waals surface area contributed by atoms with Gasteiger partial charge in [-0.05, 0) is 37.9 Å². The zero-order valence-corrected chi connectivity index (χ0v) is 12.9. The summed E-state index contributed by atoms with van der Waals surface area (Å²) in [6.45, 7) is 1.62. The van der Waals surface area contributed by atoms with Crippen LogP contribution in [-0.2, 0) is 14.3 Å². The Morgan fingerprint density at radius 1 is 1.61 bits per heavy atom. The summed E-state index contributed by atoms with van der Waals surface area (Å²) in [5, 5.41) is 0. The number of carbonyl (C=O) groups is 1. The number of hydrogen-bond donors (Lipinski definition) is 0. The van der Waals surface area contributed by atoms with E-state index in [4.69, 9.17) is 9.47 Å². The monoisotopic (exact) mass is 378 g/mol. The van der Waals surface area contributed by atoms with E-state index in [2.05, 4.69) is 36.8 Å². The van der Waals surface area contributed by atoms with Crippen molar-refractivity contribution < 1.29 is 14.3 Å². The molecule has 1 saturated heterocycles. The van der Waals surface area contributed by atoms with E-state index >= 15 is 0 Å². The predicted molar refractivity (Wildman–Crippen MR) is 73.6 cm³/mol. The lowest BCUT2D eigenvalue weighted by atomic mass is 10.2. The summed E-state index contributed by atoms with van der Waals surface area (Å²) >= 11 is 6.82. The second kappa shape index (κ2) is 5.99. The van der Waals surface area contributed by atoms with Crippen LogP contribution in [0, 0.1) is 0 Å². The molecule has 0 spiro atoms. The highest BCUT2D eigenvalue weighted by Crippen LogP contribution is 2.27. The van der Waals surface area contributed by atoms with Gasteiger partial charge in [-0.15, -0.1) is 0 Å². The van der Waals surface area contributed by atoms with Gasteiger partial charge < -0.3 is 14.4 Å². The molecule has 1 aliphatic heterocycles. The smallest absolute Gasteiger partial charge is 0.336 e. The fraction of sp³-hybridized carbons (Fsp3) is 0.455. The number of nitrogens with zero attached hydrogens (tertiary/aromatic N) is 2. The Morgan fingerprint density at radius 2 is 2.39 bits per heavy atom. The second-order valence-electron chi connectivity index (χ2n) is 3.79. The molecule has 1 fully saturated rings. The van der Waals surface area contributed by atoms with Gasteiger partial charge in [-0.3, -0.25) is 0 Å². The van der Waals surface area contributed by atoms with E-state index in [0.29, 0.717) is 19.7 Å². The van der Waals surface area contributed by atoms with Crippen molar-refractivity contribution in [2.45, 2.75) is 6.10 Å². The number of rotatable bonds is 2. The van der Waals surface area contributed by atoms with Crippen molar-refractivity contribution >= 4 is 43.6 Å². The molecule has 0 bridgehead atoms. The van der Waals surface area contributed by atoms with Crippen molar-refractivity contribution in [2.75, 3.05) is 31.7 Å². The van der Waals surface area contributed by atoms with Gasteiger partial charge in [-0.25, -0.2) is 9.78 Å². The molecule has 1 atom stereocenters. The number of carbonyl (C=O) groups excluding carboxylic acids is 1. The first kappa shape index (κ1) is 13.8. The van der Waals surface area contributed by atoms with Crippen LogP contribution in [0.25, 0.3) is 0 Å². The average Bonchev–Trinajstić information content (AvgIpc) is 2.38. The van der Waals surface area contributed by atoms with Crippen LogP contribution >= 0.6 is 31.9 Å². The number of anilines is 1. The number of hydrogen-bond acceptors (Lipinski definition) is 5. The largest absolute Gasteiger partial charge is 0.467 e. The molecule has 1 unspecified atom stereocenters. The number of aromatic nitrogens is 1. The lowest BCUT2D eigenvalue weighted by Gasteiger charge is -2.32. The third-order valence-electron chi connectivity index (χ3n) is 2.62. The number of methoxy groups -OCH3 is 1. The normalized spacial score (nSPS) is 19.7. The molecule has 7 heteroatoms. The summed E-state index contributed by atoms with van der Waals surface area (Å²) in [7, 11) is 1.36. The summed E-state index contributed by atoms with van der Waals surface area (Å²) in [6.07, 6.45) is 1.17. The van der Waals surface area contributed by atoms with Crippen LogP contribution in [0.3, 0.4) is 0 Å². The maximum absolute atomic E-state index is 11.5. The Bertz CT molecular complexity index is 456. The van der Waals surface area contributed by atoms with Crippen LogP contribution in [0.4, 0.5) is 5.82 Å². The molecular weight excluding hydrogens is 368 g/mol. The standard InChI is InChI=1S/C11H12Br2N2O3/c1-17-11(16)9-6-15(2-3-18-9)10-8(13)4-7(12)5-14-10/h4-5,9H,2-3,6H2,1H3. The fourth-order valence-corrected chi connectivity index (χ4v) is 2.99. The van der Waals surface area contributed by atoms with Gasteiger partial charge >= 0.3 is 5.97 Å². The van der Waals surface area contributed by atoms with Crippen LogP contribution in [0.5, 0.6) is 0 Å². The molecule has 2 rings (SSSR count). The molecule has 0 saturated carbocycles. The van der Waals surface area contributed by atoms with E-state index in [-0.39, 0.29) is 5.97 Å². The predicted octanol–water partition coefficient (Wildman–Crippen LogP) is 1.98. The van der Waals surface area contributed by atoms with Crippen LogP contribution in [0.2, 0.25) is 0 Å². The summed E-state index contributed by atoms with van der Waals surface area (Å²) in [4.78, 5) is 17.8. The molecule has 0 N–H and O–H groups in total. The van der Waals surface area contributed by atoms with Crippen LogP contribution in [0.1, 0.15) is 0 Å². The summed E-state index contributed by atoms with van der Waals surface area (Å²) in [6, 6.07) is 1.92. The number of halogens is 2. The number of ether oxygens (including phenoxy) is 2. The topological polar surface area (TPSA) is 51.7 Å². The van der Waals surface area contributed by atoms with Crippen molar-refractivity contribution in [3.8, 4) is 0 Å². The lowest BCUT2D eigenvalue weighted by molar-refractivity contribution is -0.154. The molecule has 0 aromatic carbocycles. The van der Waals surface area contributed by atoms with E-state index in [1.54, 1.807) is 6.20 Å². The Labute approximate surface area is 122 Å². The minimum absolute atomic E-state index is 0.354. The number of esters is 1. The van der Waals surface area contributed by atoms with Gasteiger partial charge in [-0.2, -0.15) is 0 Å². The van der Waals surface area contributed by atoms with E-state index in [1.165, 1.54) is 7.11 Å². The van der Waals surface area contributed by atoms with Crippen molar-refractivity contribution in [2.24, 2.45) is 0 Å². The molecule has 18 heavy (non-hydrogen) atoms. The Hall–Kier alpha value is -0.660. The Morgan fingerprint density at radius 3 is 3.06 bits per heavy atom. The van der Waals surface area contributed by atoms with Gasteiger partial charge in [0.1, 0.15) is 5.82 Å². The minimum Gasteiger partial charge on any atom is -0.467 e. The molecular formula is C11H12Br2N2O3. The quantitative estimate of drug-likeness (QED) is 0.735. The zero-order chi connectivity index (χ0) is 13.1.